The third-order valence-corrected chi connectivity index (χ3v) is 6.49. The molecule has 26 heavy (non-hydrogen) atoms. The van der Waals surface area contributed by atoms with Crippen LogP contribution in [0.2, 0.25) is 0 Å². The first-order chi connectivity index (χ1) is 12.6. The highest BCUT2D eigenvalue weighted by atomic mass is 16.2. The first-order valence-electron chi connectivity index (χ1n) is 9.66. The summed E-state index contributed by atoms with van der Waals surface area (Å²) < 4.78 is 0. The zero-order valence-corrected chi connectivity index (χ0v) is 15.4. The molecular weight excluding hydrogens is 326 g/mol. The van der Waals surface area contributed by atoms with Gasteiger partial charge in [0, 0.05) is 55.0 Å². The Morgan fingerprint density at radius 2 is 2.19 bits per heavy atom. The van der Waals surface area contributed by atoms with Crippen LogP contribution in [0.4, 0.5) is 0 Å². The average Bonchev–Trinajstić information content (AvgIpc) is 3.27. The highest BCUT2D eigenvalue weighted by Crippen LogP contribution is 2.47. The minimum Gasteiger partial charge on any atom is -0.361 e. The second-order valence-electron chi connectivity index (χ2n) is 7.91. The molecule has 2 fully saturated rings. The highest BCUT2D eigenvalue weighted by molar-refractivity contribution is 5.84. The van der Waals surface area contributed by atoms with Crippen molar-refractivity contribution >= 4 is 22.7 Å². The fraction of sp³-hybridized carbons (Fsp3) is 0.524. The number of nitrogens with zero attached hydrogens (tertiary/aromatic N) is 1. The Bertz CT molecular complexity index is 828. The Kier molecular flexibility index (Phi) is 4.47. The number of piperidine rings is 1. The Balaban J connectivity index is 1.34. The zero-order chi connectivity index (χ0) is 18.1. The van der Waals surface area contributed by atoms with Gasteiger partial charge in [0.15, 0.2) is 0 Å². The molecule has 0 spiro atoms. The molecule has 2 aliphatic rings. The van der Waals surface area contributed by atoms with Crippen LogP contribution >= 0.6 is 0 Å². The van der Waals surface area contributed by atoms with Gasteiger partial charge in [0.1, 0.15) is 0 Å². The van der Waals surface area contributed by atoms with E-state index < -0.39 is 0 Å². The maximum atomic E-state index is 12.4. The van der Waals surface area contributed by atoms with Gasteiger partial charge in [-0.1, -0.05) is 24.6 Å². The number of likely N-dealkylation sites (tertiary alicyclic amines) is 1. The molecule has 138 valence electrons. The fourth-order valence-electron chi connectivity index (χ4n) is 4.97. The van der Waals surface area contributed by atoms with E-state index in [1.54, 1.807) is 0 Å². The maximum Gasteiger partial charge on any atom is 0.222 e. The summed E-state index contributed by atoms with van der Waals surface area (Å²) in [6.45, 7) is 0.696. The topological polar surface area (TPSA) is 65.2 Å². The van der Waals surface area contributed by atoms with Gasteiger partial charge in [-0.3, -0.25) is 9.59 Å². The molecule has 1 saturated heterocycles. The van der Waals surface area contributed by atoms with Crippen molar-refractivity contribution in [1.82, 2.24) is 15.2 Å². The van der Waals surface area contributed by atoms with Crippen LogP contribution in [0.1, 0.15) is 44.1 Å². The van der Waals surface area contributed by atoms with Crippen LogP contribution in [-0.2, 0) is 16.0 Å². The van der Waals surface area contributed by atoms with Crippen molar-refractivity contribution in [3.05, 3.63) is 36.0 Å². The van der Waals surface area contributed by atoms with Gasteiger partial charge in [-0.15, -0.1) is 0 Å². The van der Waals surface area contributed by atoms with Crippen molar-refractivity contribution in [2.75, 3.05) is 13.6 Å². The summed E-state index contributed by atoms with van der Waals surface area (Å²) in [6, 6.07) is 8.48. The van der Waals surface area contributed by atoms with Gasteiger partial charge in [-0.25, -0.2) is 0 Å². The van der Waals surface area contributed by atoms with E-state index in [1.807, 2.05) is 30.3 Å². The monoisotopic (exact) mass is 353 g/mol. The van der Waals surface area contributed by atoms with Gasteiger partial charge < -0.3 is 15.2 Å². The lowest BCUT2D eigenvalue weighted by molar-refractivity contribution is -0.139. The number of fused-ring (bicyclic) bond motifs is 2. The number of nitrogens with one attached hydrogen (secondary N) is 2. The molecule has 5 nitrogen and oxygen atoms in total. The first kappa shape index (κ1) is 17.1. The molecule has 2 aromatic rings. The lowest BCUT2D eigenvalue weighted by Gasteiger charge is -2.44. The molecular formula is C21H27N3O2. The van der Waals surface area contributed by atoms with Crippen molar-refractivity contribution in [3.8, 4) is 0 Å². The largest absolute Gasteiger partial charge is 0.361 e. The number of aromatic amines is 1. The minimum atomic E-state index is 0.0824. The molecule has 2 amide bonds. The number of benzene rings is 1. The van der Waals surface area contributed by atoms with Crippen LogP contribution < -0.4 is 5.32 Å². The van der Waals surface area contributed by atoms with Gasteiger partial charge in [0.25, 0.3) is 0 Å². The number of carbonyl (C=O) groups is 2. The minimum absolute atomic E-state index is 0.0824. The third kappa shape index (κ3) is 3.00. The molecule has 2 atom stereocenters. The van der Waals surface area contributed by atoms with Crippen LogP contribution in [0.5, 0.6) is 0 Å². The number of H-pyrrole nitrogens is 1. The fourth-order valence-corrected chi connectivity index (χ4v) is 4.97. The highest BCUT2D eigenvalue weighted by Gasteiger charge is 2.48. The number of hydrogen-bond acceptors (Lipinski definition) is 2. The number of para-hydroxylation sites is 1. The average molecular weight is 353 g/mol. The number of hydrogen-bond donors (Lipinski definition) is 2. The number of rotatable bonds is 5. The molecule has 1 saturated carbocycles. The number of aromatic nitrogens is 1. The molecule has 1 aromatic heterocycles. The summed E-state index contributed by atoms with van der Waals surface area (Å²) in [5.74, 6) is 0.355. The summed E-state index contributed by atoms with van der Waals surface area (Å²) in [5.41, 5.74) is 2.39. The van der Waals surface area contributed by atoms with Crippen LogP contribution in [0.25, 0.3) is 10.9 Å². The van der Waals surface area contributed by atoms with Crippen LogP contribution in [0.3, 0.4) is 0 Å². The Morgan fingerprint density at radius 1 is 1.35 bits per heavy atom. The van der Waals surface area contributed by atoms with Crippen LogP contribution in [-0.4, -0.2) is 41.3 Å². The van der Waals surface area contributed by atoms with E-state index >= 15 is 0 Å². The summed E-state index contributed by atoms with van der Waals surface area (Å²) in [4.78, 5) is 29.6. The van der Waals surface area contributed by atoms with E-state index in [1.165, 1.54) is 10.9 Å². The van der Waals surface area contributed by atoms with Crippen molar-refractivity contribution in [2.24, 2.45) is 5.41 Å². The molecule has 0 bridgehead atoms. The summed E-state index contributed by atoms with van der Waals surface area (Å²) in [7, 11) is 1.92. The predicted octanol–water partition coefficient (Wildman–Crippen LogP) is 3.01. The second-order valence-corrected chi connectivity index (χ2v) is 7.91. The zero-order valence-electron chi connectivity index (χ0n) is 15.4. The van der Waals surface area contributed by atoms with E-state index in [-0.39, 0.29) is 23.3 Å². The second kappa shape index (κ2) is 6.78. The van der Waals surface area contributed by atoms with Crippen LogP contribution in [0.15, 0.2) is 30.5 Å². The Labute approximate surface area is 154 Å². The lowest BCUT2D eigenvalue weighted by atomic mass is 9.74. The van der Waals surface area contributed by atoms with Gasteiger partial charge in [0.2, 0.25) is 11.8 Å². The van der Waals surface area contributed by atoms with Gasteiger partial charge >= 0.3 is 0 Å². The number of carbonyl (C=O) groups excluding carboxylic acids is 2. The van der Waals surface area contributed by atoms with Gasteiger partial charge in [-0.05, 0) is 37.3 Å². The van der Waals surface area contributed by atoms with E-state index in [9.17, 15) is 9.59 Å². The molecule has 1 aromatic carbocycles. The molecule has 4 rings (SSSR count). The lowest BCUT2D eigenvalue weighted by Crippen LogP contribution is -2.54. The molecule has 0 unspecified atom stereocenters. The number of amides is 2. The summed E-state index contributed by atoms with van der Waals surface area (Å²) in [5, 5.41) is 4.37. The SMILES string of the molecule is CN1C(=O)CC[C@]2(CNC(=O)CCc3c[nH]c4ccccc34)CCC[C@@H]12. The maximum absolute atomic E-state index is 12.4. The van der Waals surface area contributed by atoms with E-state index in [2.05, 4.69) is 22.4 Å². The van der Waals surface area contributed by atoms with Gasteiger partial charge in [0.05, 0.1) is 0 Å². The van der Waals surface area contributed by atoms with E-state index in [0.29, 0.717) is 19.4 Å². The predicted molar refractivity (Wildman–Crippen MR) is 102 cm³/mol. The van der Waals surface area contributed by atoms with Gasteiger partial charge in [-0.2, -0.15) is 0 Å². The third-order valence-electron chi connectivity index (χ3n) is 6.49. The molecule has 1 aliphatic carbocycles. The quantitative estimate of drug-likeness (QED) is 0.868. The number of aryl methyl sites for hydroxylation is 1. The summed E-state index contributed by atoms with van der Waals surface area (Å²) >= 11 is 0. The first-order valence-corrected chi connectivity index (χ1v) is 9.66. The smallest absolute Gasteiger partial charge is 0.222 e. The molecule has 0 radical (unpaired) electrons. The van der Waals surface area contributed by atoms with Crippen molar-refractivity contribution < 1.29 is 9.59 Å². The Morgan fingerprint density at radius 3 is 3.08 bits per heavy atom. The molecule has 2 heterocycles. The molecule has 1 aliphatic heterocycles. The van der Waals surface area contributed by atoms with Crippen LogP contribution in [0, 0.1) is 5.41 Å². The van der Waals surface area contributed by atoms with Crippen molar-refractivity contribution in [2.45, 2.75) is 51.0 Å². The molecule has 5 heteroatoms. The molecule has 2 N–H and O–H groups in total. The van der Waals surface area contributed by atoms with Crippen molar-refractivity contribution in [1.29, 1.82) is 0 Å². The van der Waals surface area contributed by atoms with Crippen molar-refractivity contribution in [3.63, 3.8) is 0 Å². The standard InChI is InChI=1S/C21H27N3O2/c1-24-18-7-4-11-21(18,12-10-20(24)26)14-23-19(25)9-8-15-13-22-17-6-3-2-5-16(15)17/h2-3,5-6,13,18,22H,4,7-12,14H2,1H3,(H,23,25)/t18-,21+/m1/s1. The van der Waals surface area contributed by atoms with E-state index in [0.717, 1.165) is 37.6 Å². The summed E-state index contributed by atoms with van der Waals surface area (Å²) in [6.07, 6.45) is 8.08. The normalized spacial score (nSPS) is 25.5. The Hall–Kier alpha value is -2.30. The van der Waals surface area contributed by atoms with E-state index in [4.69, 9.17) is 0 Å².